The first-order chi connectivity index (χ1) is 16.3. The van der Waals surface area contributed by atoms with Crippen LogP contribution < -0.4 is 5.32 Å². The molecule has 0 aromatic heterocycles. The Morgan fingerprint density at radius 3 is 2.32 bits per heavy atom. The number of fused-ring (bicyclic) bond motifs is 3. The lowest BCUT2D eigenvalue weighted by Gasteiger charge is -2.23. The number of hydrogen-bond donors (Lipinski definition) is 2. The molecular formula is C26H30N2O6. The summed E-state index contributed by atoms with van der Waals surface area (Å²) in [7, 11) is 1.58. The fourth-order valence-corrected chi connectivity index (χ4v) is 4.71. The highest BCUT2D eigenvalue weighted by atomic mass is 16.5. The molecule has 34 heavy (non-hydrogen) atoms. The molecule has 0 bridgehead atoms. The monoisotopic (exact) mass is 466 g/mol. The second kappa shape index (κ2) is 10.3. The van der Waals surface area contributed by atoms with Crippen LogP contribution in [0.15, 0.2) is 48.5 Å². The van der Waals surface area contributed by atoms with Gasteiger partial charge in [0.25, 0.3) is 5.91 Å². The van der Waals surface area contributed by atoms with Gasteiger partial charge in [-0.05, 0) is 35.1 Å². The van der Waals surface area contributed by atoms with Crippen molar-refractivity contribution in [2.75, 3.05) is 26.7 Å². The van der Waals surface area contributed by atoms with Crippen molar-refractivity contribution in [3.8, 4) is 11.1 Å². The van der Waals surface area contributed by atoms with Crippen LogP contribution in [-0.2, 0) is 19.1 Å². The minimum Gasteiger partial charge on any atom is -0.481 e. The van der Waals surface area contributed by atoms with Crippen LogP contribution in [0.2, 0.25) is 0 Å². The van der Waals surface area contributed by atoms with E-state index in [2.05, 4.69) is 29.6 Å². The molecule has 2 aromatic rings. The van der Waals surface area contributed by atoms with Crippen LogP contribution >= 0.6 is 0 Å². The summed E-state index contributed by atoms with van der Waals surface area (Å²) in [6.07, 6.45) is -0.281. The Labute approximate surface area is 198 Å². The third kappa shape index (κ3) is 5.07. The summed E-state index contributed by atoms with van der Waals surface area (Å²) in [6, 6.07) is 16.3. The van der Waals surface area contributed by atoms with Gasteiger partial charge in [0.1, 0.15) is 12.7 Å². The van der Waals surface area contributed by atoms with E-state index in [0.717, 1.165) is 11.1 Å². The van der Waals surface area contributed by atoms with Gasteiger partial charge >= 0.3 is 12.1 Å². The summed E-state index contributed by atoms with van der Waals surface area (Å²) in [4.78, 5) is 37.3. The van der Waals surface area contributed by atoms with Gasteiger partial charge in [0, 0.05) is 26.1 Å². The van der Waals surface area contributed by atoms with Gasteiger partial charge in [-0.25, -0.2) is 4.79 Å². The second-order valence-corrected chi connectivity index (χ2v) is 8.99. The van der Waals surface area contributed by atoms with Crippen LogP contribution in [0.25, 0.3) is 11.1 Å². The van der Waals surface area contributed by atoms with E-state index in [1.165, 1.54) is 16.0 Å². The molecule has 4 rings (SSSR count). The highest BCUT2D eigenvalue weighted by Crippen LogP contribution is 2.44. The molecule has 8 heteroatoms. The van der Waals surface area contributed by atoms with Crippen molar-refractivity contribution < 1.29 is 29.0 Å². The number of carboxylic acids is 1. The normalized spacial score (nSPS) is 19.7. The summed E-state index contributed by atoms with van der Waals surface area (Å²) in [5, 5.41) is 11.8. The topological polar surface area (TPSA) is 105 Å². The van der Waals surface area contributed by atoms with Crippen molar-refractivity contribution >= 4 is 18.0 Å². The van der Waals surface area contributed by atoms with E-state index in [0.29, 0.717) is 12.8 Å². The summed E-state index contributed by atoms with van der Waals surface area (Å²) in [5.74, 6) is -1.85. The van der Waals surface area contributed by atoms with Crippen molar-refractivity contribution in [1.82, 2.24) is 10.2 Å². The molecule has 3 unspecified atom stereocenters. The Hall–Kier alpha value is -3.39. The number of likely N-dealkylation sites (N-methyl/N-ethyl adjacent to an activating group) is 1. The van der Waals surface area contributed by atoms with Crippen LogP contribution in [-0.4, -0.2) is 66.9 Å². The molecule has 0 spiro atoms. The predicted molar refractivity (Wildman–Crippen MR) is 125 cm³/mol. The Kier molecular flexibility index (Phi) is 7.17. The van der Waals surface area contributed by atoms with Crippen molar-refractivity contribution in [3.63, 3.8) is 0 Å². The number of benzene rings is 2. The first-order valence-electron chi connectivity index (χ1n) is 11.6. The lowest BCUT2D eigenvalue weighted by Crippen LogP contribution is -2.41. The molecule has 180 valence electrons. The molecule has 1 saturated heterocycles. The zero-order chi connectivity index (χ0) is 24.2. The quantitative estimate of drug-likeness (QED) is 0.619. The summed E-state index contributed by atoms with van der Waals surface area (Å²) < 4.78 is 11.3. The number of aliphatic carboxylic acids is 1. The molecule has 0 saturated carbocycles. The zero-order valence-electron chi connectivity index (χ0n) is 19.4. The number of carboxylic acid groups (broad SMARTS) is 1. The molecule has 8 nitrogen and oxygen atoms in total. The number of nitrogens with zero attached hydrogens (tertiary/aromatic N) is 1. The van der Waals surface area contributed by atoms with Gasteiger partial charge in [0.05, 0.1) is 12.0 Å². The fourth-order valence-electron chi connectivity index (χ4n) is 4.71. The average molecular weight is 467 g/mol. The highest BCUT2D eigenvalue weighted by molar-refractivity contribution is 5.82. The molecule has 3 atom stereocenters. The van der Waals surface area contributed by atoms with Crippen molar-refractivity contribution in [2.45, 2.75) is 37.9 Å². The number of alkyl carbamates (subject to hydrolysis) is 1. The Morgan fingerprint density at radius 2 is 1.71 bits per heavy atom. The first-order valence-corrected chi connectivity index (χ1v) is 11.6. The van der Waals surface area contributed by atoms with E-state index < -0.39 is 24.1 Å². The molecule has 0 radical (unpaired) electrons. The van der Waals surface area contributed by atoms with Crippen LogP contribution in [0.5, 0.6) is 0 Å². The third-order valence-corrected chi connectivity index (χ3v) is 6.55. The molecule has 1 fully saturated rings. The second-order valence-electron chi connectivity index (χ2n) is 8.99. The van der Waals surface area contributed by atoms with E-state index >= 15 is 0 Å². The van der Waals surface area contributed by atoms with Crippen molar-refractivity contribution in [3.05, 3.63) is 59.7 Å². The summed E-state index contributed by atoms with van der Waals surface area (Å²) in [6.45, 7) is 2.16. The lowest BCUT2D eigenvalue weighted by molar-refractivity contribution is -0.146. The molecule has 2 aliphatic rings. The molecule has 1 aliphatic heterocycles. The Morgan fingerprint density at radius 1 is 1.09 bits per heavy atom. The first kappa shape index (κ1) is 23.8. The largest absolute Gasteiger partial charge is 0.481 e. The molecule has 2 amide bonds. The number of ether oxygens (including phenoxy) is 2. The standard InChI is InChI=1S/C26H30N2O6/c1-16(25(30)31)14-28(2)24(29)23-12-11-17(34-23)13-27-26(32)33-15-22-20-9-5-3-7-18(20)19-8-4-6-10-21(19)22/h3-10,16-17,22-23H,11-15H2,1-2H3,(H,27,32)(H,30,31). The lowest BCUT2D eigenvalue weighted by atomic mass is 9.98. The maximum atomic E-state index is 12.5. The Balaban J connectivity index is 1.24. The average Bonchev–Trinajstić information content (AvgIpc) is 3.44. The molecule has 1 aliphatic carbocycles. The van der Waals surface area contributed by atoms with E-state index in [1.54, 1.807) is 14.0 Å². The van der Waals surface area contributed by atoms with Gasteiger partial charge < -0.3 is 24.8 Å². The fraction of sp³-hybridized carbons (Fsp3) is 0.423. The number of carbonyl (C=O) groups is 3. The third-order valence-electron chi connectivity index (χ3n) is 6.55. The number of carbonyl (C=O) groups excluding carboxylic acids is 2. The molecule has 2 aromatic carbocycles. The number of amides is 2. The van der Waals surface area contributed by atoms with Gasteiger partial charge in [-0.3, -0.25) is 9.59 Å². The van der Waals surface area contributed by atoms with Crippen molar-refractivity contribution in [2.24, 2.45) is 5.92 Å². The van der Waals surface area contributed by atoms with E-state index in [1.807, 2.05) is 24.3 Å². The van der Waals surface area contributed by atoms with Gasteiger partial charge in [-0.2, -0.15) is 0 Å². The number of rotatable bonds is 8. The molecular weight excluding hydrogens is 436 g/mol. The number of nitrogens with one attached hydrogen (secondary N) is 1. The SMILES string of the molecule is CC(CN(C)C(=O)C1CCC(CNC(=O)OCC2c3ccccc3-c3ccccc32)O1)C(=O)O. The predicted octanol–water partition coefficient (Wildman–Crippen LogP) is 3.25. The molecule has 2 N–H and O–H groups in total. The van der Waals surface area contributed by atoms with Crippen molar-refractivity contribution in [1.29, 1.82) is 0 Å². The van der Waals surface area contributed by atoms with Crippen LogP contribution in [0.4, 0.5) is 4.79 Å². The Bertz CT molecular complexity index is 1030. The minimum absolute atomic E-state index is 0.00777. The maximum absolute atomic E-state index is 12.5. The van der Waals surface area contributed by atoms with Crippen LogP contribution in [0, 0.1) is 5.92 Å². The van der Waals surface area contributed by atoms with E-state index in [9.17, 15) is 14.4 Å². The van der Waals surface area contributed by atoms with Gasteiger partial charge in [0.2, 0.25) is 0 Å². The minimum atomic E-state index is -0.947. The summed E-state index contributed by atoms with van der Waals surface area (Å²) in [5.41, 5.74) is 4.64. The van der Waals surface area contributed by atoms with E-state index in [-0.39, 0.29) is 37.6 Å². The van der Waals surface area contributed by atoms with Crippen LogP contribution in [0.3, 0.4) is 0 Å². The molecule has 1 heterocycles. The smallest absolute Gasteiger partial charge is 0.407 e. The van der Waals surface area contributed by atoms with Gasteiger partial charge in [0.15, 0.2) is 0 Å². The highest BCUT2D eigenvalue weighted by Gasteiger charge is 2.34. The number of hydrogen-bond acceptors (Lipinski definition) is 5. The zero-order valence-corrected chi connectivity index (χ0v) is 19.4. The van der Waals surface area contributed by atoms with Gasteiger partial charge in [-0.1, -0.05) is 55.5 Å². The van der Waals surface area contributed by atoms with Gasteiger partial charge in [-0.15, -0.1) is 0 Å². The van der Waals surface area contributed by atoms with E-state index in [4.69, 9.17) is 14.6 Å². The maximum Gasteiger partial charge on any atom is 0.407 e. The summed E-state index contributed by atoms with van der Waals surface area (Å²) >= 11 is 0. The van der Waals surface area contributed by atoms with Crippen LogP contribution in [0.1, 0.15) is 36.8 Å².